The van der Waals surface area contributed by atoms with Crippen LogP contribution in [0.2, 0.25) is 0 Å². The van der Waals surface area contributed by atoms with E-state index in [1.165, 1.54) is 23.2 Å². The molecule has 118 valence electrons. The van der Waals surface area contributed by atoms with E-state index in [9.17, 15) is 4.79 Å². The molecule has 0 bridgehead atoms. The van der Waals surface area contributed by atoms with Crippen LogP contribution in [0.4, 0.5) is 5.69 Å². The summed E-state index contributed by atoms with van der Waals surface area (Å²) in [4.78, 5) is 10.9. The van der Waals surface area contributed by atoms with Crippen molar-refractivity contribution in [2.45, 2.75) is 19.0 Å². The Bertz CT molecular complexity index is 765. The van der Waals surface area contributed by atoms with Gasteiger partial charge in [-0.3, -0.25) is 10.0 Å². The van der Waals surface area contributed by atoms with Gasteiger partial charge in [-0.15, -0.1) is 5.10 Å². The smallest absolute Gasteiger partial charge is 0.267 e. The lowest BCUT2D eigenvalue weighted by Crippen LogP contribution is -2.32. The number of carbonyl (C=O) groups is 1. The Morgan fingerprint density at radius 3 is 3.17 bits per heavy atom. The topological polar surface area (TPSA) is 92.1 Å². The van der Waals surface area contributed by atoms with Crippen LogP contribution in [0.25, 0.3) is 6.08 Å². The quantitative estimate of drug-likeness (QED) is 0.343. The van der Waals surface area contributed by atoms with Gasteiger partial charge < -0.3 is 5.32 Å². The number of aromatic nitrogens is 3. The van der Waals surface area contributed by atoms with Crippen LogP contribution in [0.1, 0.15) is 11.3 Å². The molecule has 1 atom stereocenters. The minimum atomic E-state index is -0.613. The molecule has 0 spiro atoms. The van der Waals surface area contributed by atoms with Crippen molar-refractivity contribution in [1.29, 1.82) is 0 Å². The van der Waals surface area contributed by atoms with Crippen molar-refractivity contribution in [2.75, 3.05) is 5.32 Å². The van der Waals surface area contributed by atoms with Crippen LogP contribution >= 0.6 is 0 Å². The first-order chi connectivity index (χ1) is 11.2. The fourth-order valence-electron chi connectivity index (χ4n) is 2.51. The van der Waals surface area contributed by atoms with Crippen molar-refractivity contribution < 1.29 is 10.0 Å². The van der Waals surface area contributed by atoms with Gasteiger partial charge in [0.1, 0.15) is 5.69 Å². The number of hydroxylamine groups is 1. The molecule has 0 fully saturated rings. The fourth-order valence-corrected chi connectivity index (χ4v) is 2.51. The molecule has 0 aliphatic carbocycles. The molecule has 0 saturated heterocycles. The number of nitrogens with zero attached hydrogens (tertiary/aromatic N) is 3. The summed E-state index contributed by atoms with van der Waals surface area (Å²) in [6.07, 6.45) is 5.23. The maximum atomic E-state index is 10.9. The Morgan fingerprint density at radius 2 is 2.35 bits per heavy atom. The maximum Gasteiger partial charge on any atom is 0.267 e. The summed E-state index contributed by atoms with van der Waals surface area (Å²) in [5.74, 6) is -0.613. The average molecular weight is 311 g/mol. The van der Waals surface area contributed by atoms with Gasteiger partial charge in [0, 0.05) is 11.8 Å². The van der Waals surface area contributed by atoms with Crippen molar-refractivity contribution in [3.8, 4) is 0 Å². The molecule has 2 heterocycles. The summed E-state index contributed by atoms with van der Waals surface area (Å²) in [5.41, 5.74) is 5.51. The molecule has 1 amide bonds. The van der Waals surface area contributed by atoms with Gasteiger partial charge in [0.25, 0.3) is 5.91 Å². The lowest BCUT2D eigenvalue weighted by atomic mass is 9.94. The molecule has 23 heavy (non-hydrogen) atoms. The number of benzene rings is 1. The first kappa shape index (κ1) is 15.0. The van der Waals surface area contributed by atoms with Crippen molar-refractivity contribution in [2.24, 2.45) is 0 Å². The normalized spacial score (nSPS) is 16.9. The number of anilines is 1. The molecule has 2 aromatic rings. The number of amides is 1. The van der Waals surface area contributed by atoms with Gasteiger partial charge in [-0.25, -0.2) is 10.2 Å². The Morgan fingerprint density at radius 1 is 1.52 bits per heavy atom. The zero-order chi connectivity index (χ0) is 16.2. The van der Waals surface area contributed by atoms with Gasteiger partial charge in [-0.2, -0.15) is 0 Å². The molecule has 1 unspecified atom stereocenters. The number of fused-ring (bicyclic) bond motifs is 1. The van der Waals surface area contributed by atoms with Crippen LogP contribution in [-0.2, 0) is 17.8 Å². The van der Waals surface area contributed by atoms with Gasteiger partial charge in [0.15, 0.2) is 0 Å². The van der Waals surface area contributed by atoms with Gasteiger partial charge in [-0.05, 0) is 29.7 Å². The number of nitrogens with one attached hydrogen (secondary N) is 2. The molecule has 1 aliphatic rings. The lowest BCUT2D eigenvalue weighted by Gasteiger charge is -2.29. The third-order valence-electron chi connectivity index (χ3n) is 3.70. The first-order valence-corrected chi connectivity index (χ1v) is 7.20. The number of hydrogen-bond acceptors (Lipinski definition) is 5. The van der Waals surface area contributed by atoms with Crippen LogP contribution in [-0.4, -0.2) is 32.2 Å². The van der Waals surface area contributed by atoms with Crippen molar-refractivity contribution in [3.05, 3.63) is 59.9 Å². The molecule has 7 heteroatoms. The van der Waals surface area contributed by atoms with Crippen molar-refractivity contribution in [3.63, 3.8) is 0 Å². The van der Waals surface area contributed by atoms with Gasteiger partial charge >= 0.3 is 0 Å². The van der Waals surface area contributed by atoms with E-state index < -0.39 is 5.91 Å². The van der Waals surface area contributed by atoms with E-state index in [0.717, 1.165) is 17.7 Å². The van der Waals surface area contributed by atoms with E-state index in [1.807, 2.05) is 12.1 Å². The highest BCUT2D eigenvalue weighted by Crippen LogP contribution is 2.27. The minimum Gasteiger partial charge on any atom is -0.376 e. The summed E-state index contributed by atoms with van der Waals surface area (Å²) in [7, 11) is 0. The standard InChI is InChI=1S/C16H17N5O2/c1-11-8-12-4-2-3-5-14(12)17-15(11)10-21-9-13(18-20-21)6-7-16(22)19-23/h2-7,9,15,17,23H,1,8,10H2,(H,19,22). The van der Waals surface area contributed by atoms with Crippen LogP contribution in [0.3, 0.4) is 0 Å². The fraction of sp³-hybridized carbons (Fsp3) is 0.188. The number of hydrogen-bond donors (Lipinski definition) is 3. The van der Waals surface area contributed by atoms with E-state index in [1.54, 1.807) is 10.9 Å². The van der Waals surface area contributed by atoms with E-state index in [2.05, 4.69) is 34.3 Å². The molecular formula is C16H17N5O2. The predicted molar refractivity (Wildman–Crippen MR) is 85.7 cm³/mol. The van der Waals surface area contributed by atoms with Crippen LogP contribution < -0.4 is 10.8 Å². The predicted octanol–water partition coefficient (Wildman–Crippen LogP) is 1.39. The molecule has 0 saturated carbocycles. The molecular weight excluding hydrogens is 294 g/mol. The zero-order valence-electron chi connectivity index (χ0n) is 12.4. The van der Waals surface area contributed by atoms with E-state index in [-0.39, 0.29) is 6.04 Å². The second-order valence-corrected chi connectivity index (χ2v) is 5.36. The second kappa shape index (κ2) is 6.45. The maximum absolute atomic E-state index is 10.9. The second-order valence-electron chi connectivity index (χ2n) is 5.36. The van der Waals surface area contributed by atoms with Gasteiger partial charge in [-0.1, -0.05) is 30.0 Å². The molecule has 3 rings (SSSR count). The lowest BCUT2D eigenvalue weighted by molar-refractivity contribution is -0.124. The van der Waals surface area contributed by atoms with E-state index in [4.69, 9.17) is 5.21 Å². The SMILES string of the molecule is C=C1Cc2ccccc2NC1Cn1cc(C=CC(=O)NO)nn1. The summed E-state index contributed by atoms with van der Waals surface area (Å²) in [6.45, 7) is 4.75. The number of carbonyl (C=O) groups excluding carboxylic acids is 1. The van der Waals surface area contributed by atoms with Crippen molar-refractivity contribution >= 4 is 17.7 Å². The van der Waals surface area contributed by atoms with E-state index in [0.29, 0.717) is 12.2 Å². The summed E-state index contributed by atoms with van der Waals surface area (Å²) in [5, 5.41) is 19.9. The summed E-state index contributed by atoms with van der Waals surface area (Å²) in [6, 6.07) is 8.24. The Hall–Kier alpha value is -2.93. The highest BCUT2D eigenvalue weighted by molar-refractivity contribution is 5.90. The van der Waals surface area contributed by atoms with Gasteiger partial charge in [0.2, 0.25) is 0 Å². The van der Waals surface area contributed by atoms with Crippen molar-refractivity contribution in [1.82, 2.24) is 20.5 Å². The molecule has 1 aliphatic heterocycles. The number of para-hydroxylation sites is 1. The minimum absolute atomic E-state index is 0.0733. The Labute approximate surface area is 133 Å². The number of rotatable bonds is 4. The molecule has 1 aromatic heterocycles. The summed E-state index contributed by atoms with van der Waals surface area (Å²) < 4.78 is 1.70. The van der Waals surface area contributed by atoms with E-state index >= 15 is 0 Å². The summed E-state index contributed by atoms with van der Waals surface area (Å²) >= 11 is 0. The third-order valence-corrected chi connectivity index (χ3v) is 3.70. The van der Waals surface area contributed by atoms with Crippen LogP contribution in [0, 0.1) is 0 Å². The third kappa shape index (κ3) is 3.46. The highest BCUT2D eigenvalue weighted by atomic mass is 16.5. The highest BCUT2D eigenvalue weighted by Gasteiger charge is 2.21. The van der Waals surface area contributed by atoms with Crippen LogP contribution in [0.5, 0.6) is 0 Å². The van der Waals surface area contributed by atoms with Crippen LogP contribution in [0.15, 0.2) is 48.7 Å². The molecule has 3 N–H and O–H groups in total. The monoisotopic (exact) mass is 311 g/mol. The zero-order valence-corrected chi connectivity index (χ0v) is 12.4. The molecule has 7 nitrogen and oxygen atoms in total. The molecule has 0 radical (unpaired) electrons. The Kier molecular flexibility index (Phi) is 4.20. The molecule has 1 aromatic carbocycles. The largest absolute Gasteiger partial charge is 0.376 e. The van der Waals surface area contributed by atoms with Gasteiger partial charge in [0.05, 0.1) is 18.8 Å². The Balaban J connectivity index is 1.68. The first-order valence-electron chi connectivity index (χ1n) is 7.20. The average Bonchev–Trinajstić information content (AvgIpc) is 3.01.